The van der Waals surface area contributed by atoms with E-state index in [1.54, 1.807) is 11.3 Å². The Morgan fingerprint density at radius 1 is 1.65 bits per heavy atom. The van der Waals surface area contributed by atoms with Crippen LogP contribution in [0.5, 0.6) is 0 Å². The molecule has 0 saturated heterocycles. The number of thiophene rings is 1. The Morgan fingerprint density at radius 3 is 2.71 bits per heavy atom. The Hall–Kier alpha value is -0.390. The number of hydrogen-bond donors (Lipinski definition) is 1. The zero-order valence-corrected chi connectivity index (χ0v) is 12.7. The zero-order chi connectivity index (χ0) is 13.1. The summed E-state index contributed by atoms with van der Waals surface area (Å²) in [5.41, 5.74) is 5.82. The smallest absolute Gasteiger partial charge is 0.306 e. The van der Waals surface area contributed by atoms with E-state index < -0.39 is 0 Å². The van der Waals surface area contributed by atoms with E-state index >= 15 is 0 Å². The molecule has 0 spiro atoms. The van der Waals surface area contributed by atoms with E-state index in [1.165, 1.54) is 7.11 Å². The summed E-state index contributed by atoms with van der Waals surface area (Å²) >= 11 is 5.06. The minimum Gasteiger partial charge on any atom is -0.469 e. The van der Waals surface area contributed by atoms with Crippen LogP contribution in [0, 0.1) is 0 Å². The molecule has 5 heteroatoms. The summed E-state index contributed by atoms with van der Waals surface area (Å²) in [6, 6.07) is 3.94. The average molecular weight is 320 g/mol. The monoisotopic (exact) mass is 319 g/mol. The summed E-state index contributed by atoms with van der Waals surface area (Å²) in [6.45, 7) is 4.05. The third kappa shape index (κ3) is 3.30. The highest BCUT2D eigenvalue weighted by Gasteiger charge is 2.36. The standard InChI is InChI=1S/C12H18BrNO2S/c1-4-8(14)12(2,7-11(15)16-3)9-5-6-10(13)17-9/h5-6,8H,4,7,14H2,1-3H3. The topological polar surface area (TPSA) is 52.3 Å². The van der Waals surface area contributed by atoms with Crippen LogP contribution in [0.3, 0.4) is 0 Å². The minimum absolute atomic E-state index is 0.0628. The van der Waals surface area contributed by atoms with Gasteiger partial charge in [0, 0.05) is 16.3 Å². The van der Waals surface area contributed by atoms with Gasteiger partial charge in [-0.05, 0) is 34.5 Å². The fourth-order valence-corrected chi connectivity index (χ4v) is 3.44. The van der Waals surface area contributed by atoms with Crippen LogP contribution in [0.2, 0.25) is 0 Å². The third-order valence-corrected chi connectivity index (χ3v) is 5.04. The van der Waals surface area contributed by atoms with Gasteiger partial charge in [0.1, 0.15) is 0 Å². The van der Waals surface area contributed by atoms with Gasteiger partial charge in [-0.1, -0.05) is 13.8 Å². The highest BCUT2D eigenvalue weighted by atomic mass is 79.9. The Morgan fingerprint density at radius 2 is 2.29 bits per heavy atom. The number of methoxy groups -OCH3 is 1. The molecule has 1 aromatic heterocycles. The first-order valence-corrected chi connectivity index (χ1v) is 7.13. The lowest BCUT2D eigenvalue weighted by Crippen LogP contribution is -2.44. The predicted octanol–water partition coefficient (Wildman–Crippen LogP) is 3.07. The fraction of sp³-hybridized carbons (Fsp3) is 0.583. The molecule has 2 N–H and O–H groups in total. The van der Waals surface area contributed by atoms with Gasteiger partial charge in [0.25, 0.3) is 0 Å². The van der Waals surface area contributed by atoms with E-state index in [1.807, 2.05) is 26.0 Å². The first-order valence-electron chi connectivity index (χ1n) is 5.52. The lowest BCUT2D eigenvalue weighted by Gasteiger charge is -2.33. The normalized spacial score (nSPS) is 16.3. The van der Waals surface area contributed by atoms with Crippen LogP contribution in [0.4, 0.5) is 0 Å². The molecule has 96 valence electrons. The van der Waals surface area contributed by atoms with Gasteiger partial charge in [-0.25, -0.2) is 0 Å². The summed E-state index contributed by atoms with van der Waals surface area (Å²) in [4.78, 5) is 12.7. The van der Waals surface area contributed by atoms with Crippen molar-refractivity contribution in [1.29, 1.82) is 0 Å². The Balaban J connectivity index is 3.05. The molecule has 0 aliphatic rings. The number of rotatable bonds is 5. The summed E-state index contributed by atoms with van der Waals surface area (Å²) < 4.78 is 5.82. The Labute approximate surface area is 114 Å². The average Bonchev–Trinajstić information content (AvgIpc) is 2.74. The molecule has 0 fully saturated rings. The van der Waals surface area contributed by atoms with Crippen molar-refractivity contribution in [3.63, 3.8) is 0 Å². The van der Waals surface area contributed by atoms with Gasteiger partial charge < -0.3 is 10.5 Å². The van der Waals surface area contributed by atoms with Crippen molar-refractivity contribution in [2.24, 2.45) is 5.73 Å². The molecule has 0 aromatic carbocycles. The molecule has 17 heavy (non-hydrogen) atoms. The number of ether oxygens (including phenoxy) is 1. The van der Waals surface area contributed by atoms with Gasteiger partial charge >= 0.3 is 5.97 Å². The largest absolute Gasteiger partial charge is 0.469 e. The van der Waals surface area contributed by atoms with Crippen molar-refractivity contribution < 1.29 is 9.53 Å². The van der Waals surface area contributed by atoms with E-state index in [4.69, 9.17) is 10.5 Å². The molecule has 1 aromatic rings. The number of carbonyl (C=O) groups is 1. The second-order valence-corrected chi connectivity index (χ2v) is 6.75. The lowest BCUT2D eigenvalue weighted by molar-refractivity contribution is -0.142. The molecular formula is C12H18BrNO2S. The van der Waals surface area contributed by atoms with Crippen molar-refractivity contribution in [3.05, 3.63) is 20.8 Å². The summed E-state index contributed by atoms with van der Waals surface area (Å²) in [6.07, 6.45) is 1.13. The molecule has 1 heterocycles. The van der Waals surface area contributed by atoms with Gasteiger partial charge in [0.2, 0.25) is 0 Å². The second-order valence-electron chi connectivity index (χ2n) is 4.29. The van der Waals surface area contributed by atoms with E-state index in [0.717, 1.165) is 15.1 Å². The summed E-state index contributed by atoms with van der Waals surface area (Å²) in [5.74, 6) is -0.221. The van der Waals surface area contributed by atoms with Gasteiger partial charge in [0.05, 0.1) is 17.3 Å². The lowest BCUT2D eigenvalue weighted by atomic mass is 9.77. The van der Waals surface area contributed by atoms with Crippen LogP contribution in [-0.2, 0) is 14.9 Å². The number of esters is 1. The molecule has 0 saturated carbocycles. The molecule has 2 atom stereocenters. The highest BCUT2D eigenvalue weighted by Crippen LogP contribution is 2.38. The van der Waals surface area contributed by atoms with Crippen LogP contribution in [0.15, 0.2) is 15.9 Å². The van der Waals surface area contributed by atoms with Gasteiger partial charge in [-0.15, -0.1) is 11.3 Å². The molecule has 1 rings (SSSR count). The van der Waals surface area contributed by atoms with E-state index in [2.05, 4.69) is 15.9 Å². The van der Waals surface area contributed by atoms with Crippen molar-refractivity contribution in [2.45, 2.75) is 38.1 Å². The number of hydrogen-bond acceptors (Lipinski definition) is 4. The predicted molar refractivity (Wildman–Crippen MR) is 74.3 cm³/mol. The second kappa shape index (κ2) is 5.98. The van der Waals surface area contributed by atoms with Crippen LogP contribution in [0.1, 0.15) is 31.6 Å². The number of halogens is 1. The van der Waals surface area contributed by atoms with E-state index in [9.17, 15) is 4.79 Å². The third-order valence-electron chi connectivity index (χ3n) is 3.13. The summed E-state index contributed by atoms with van der Waals surface area (Å²) in [5, 5.41) is 0. The Bertz CT molecular complexity index is 394. The number of carbonyl (C=O) groups excluding carboxylic acids is 1. The minimum atomic E-state index is -0.363. The molecule has 0 aliphatic heterocycles. The van der Waals surface area contributed by atoms with E-state index in [0.29, 0.717) is 6.42 Å². The van der Waals surface area contributed by atoms with Crippen LogP contribution < -0.4 is 5.73 Å². The maximum atomic E-state index is 11.5. The molecular weight excluding hydrogens is 302 g/mol. The first kappa shape index (κ1) is 14.7. The SMILES string of the molecule is CCC(N)C(C)(CC(=O)OC)c1ccc(Br)s1. The van der Waals surface area contributed by atoms with Crippen LogP contribution in [0.25, 0.3) is 0 Å². The van der Waals surface area contributed by atoms with Gasteiger partial charge in [0.15, 0.2) is 0 Å². The molecule has 0 bridgehead atoms. The molecule has 0 amide bonds. The van der Waals surface area contributed by atoms with Gasteiger partial charge in [-0.2, -0.15) is 0 Å². The van der Waals surface area contributed by atoms with Crippen molar-refractivity contribution in [1.82, 2.24) is 0 Å². The molecule has 2 unspecified atom stereocenters. The van der Waals surface area contributed by atoms with Gasteiger partial charge in [-0.3, -0.25) is 4.79 Å². The highest BCUT2D eigenvalue weighted by molar-refractivity contribution is 9.11. The van der Waals surface area contributed by atoms with Crippen molar-refractivity contribution in [3.8, 4) is 0 Å². The molecule has 3 nitrogen and oxygen atoms in total. The maximum Gasteiger partial charge on any atom is 0.306 e. The fourth-order valence-electron chi connectivity index (χ4n) is 1.84. The zero-order valence-electron chi connectivity index (χ0n) is 10.3. The van der Waals surface area contributed by atoms with Crippen LogP contribution in [-0.4, -0.2) is 19.1 Å². The Kier molecular flexibility index (Phi) is 5.16. The maximum absolute atomic E-state index is 11.5. The van der Waals surface area contributed by atoms with Crippen molar-refractivity contribution >= 4 is 33.2 Å². The first-order chi connectivity index (χ1) is 7.93. The van der Waals surface area contributed by atoms with E-state index in [-0.39, 0.29) is 17.4 Å². The number of nitrogens with two attached hydrogens (primary N) is 1. The quantitative estimate of drug-likeness (QED) is 0.848. The molecule has 0 aliphatic carbocycles. The van der Waals surface area contributed by atoms with Crippen LogP contribution >= 0.6 is 27.3 Å². The summed E-state index contributed by atoms with van der Waals surface area (Å²) in [7, 11) is 1.41. The van der Waals surface area contributed by atoms with Crippen molar-refractivity contribution in [2.75, 3.05) is 7.11 Å². The molecule has 0 radical (unpaired) electrons.